The molecule has 0 spiro atoms. The molecular weight excluding hydrogens is 250 g/mol. The van der Waals surface area contributed by atoms with Crippen LogP contribution in [0.15, 0.2) is 0 Å². The Hall–Kier alpha value is -0.610. The van der Waals surface area contributed by atoms with E-state index in [4.69, 9.17) is 5.73 Å². The molecule has 1 atom stereocenters. The molecule has 1 aliphatic heterocycles. The van der Waals surface area contributed by atoms with Gasteiger partial charge in [0.15, 0.2) is 0 Å². The van der Waals surface area contributed by atoms with Crippen LogP contribution in [0.5, 0.6) is 0 Å². The van der Waals surface area contributed by atoms with Crippen molar-refractivity contribution in [3.63, 3.8) is 0 Å². The molecule has 1 saturated carbocycles. The summed E-state index contributed by atoms with van der Waals surface area (Å²) in [6.07, 6.45) is 4.21. The van der Waals surface area contributed by atoms with Crippen molar-refractivity contribution in [2.24, 2.45) is 17.1 Å². The Morgan fingerprint density at radius 1 is 1.20 bits per heavy atom. The van der Waals surface area contributed by atoms with Gasteiger partial charge in [0.05, 0.1) is 0 Å². The number of carbonyl (C=O) groups excluding carboxylic acids is 1. The van der Waals surface area contributed by atoms with Crippen molar-refractivity contribution in [3.05, 3.63) is 0 Å². The number of nitrogens with two attached hydrogens (primary N) is 1. The molecule has 2 N–H and O–H groups in total. The zero-order chi connectivity index (χ0) is 14.8. The van der Waals surface area contributed by atoms with Crippen LogP contribution in [0.3, 0.4) is 0 Å². The number of hydrogen-bond donors (Lipinski definition) is 1. The molecule has 1 aliphatic carbocycles. The summed E-state index contributed by atoms with van der Waals surface area (Å²) in [6.45, 7) is 11.6. The Morgan fingerprint density at radius 3 is 2.30 bits per heavy atom. The quantitative estimate of drug-likeness (QED) is 0.834. The van der Waals surface area contributed by atoms with E-state index < -0.39 is 0 Å². The zero-order valence-electron chi connectivity index (χ0n) is 13.4. The Kier molecular flexibility index (Phi) is 5.08. The number of amides is 1. The van der Waals surface area contributed by atoms with Crippen molar-refractivity contribution in [2.75, 3.05) is 32.7 Å². The maximum absolute atomic E-state index is 12.3. The topological polar surface area (TPSA) is 49.6 Å². The molecule has 4 nitrogen and oxygen atoms in total. The van der Waals surface area contributed by atoms with Crippen molar-refractivity contribution >= 4 is 5.91 Å². The van der Waals surface area contributed by atoms with Gasteiger partial charge in [0.2, 0.25) is 5.91 Å². The first-order valence-electron chi connectivity index (χ1n) is 8.09. The van der Waals surface area contributed by atoms with E-state index in [-0.39, 0.29) is 17.4 Å². The molecule has 2 rings (SSSR count). The number of carbonyl (C=O) groups is 1. The summed E-state index contributed by atoms with van der Waals surface area (Å²) >= 11 is 0. The molecule has 0 aromatic heterocycles. The Morgan fingerprint density at radius 2 is 1.80 bits per heavy atom. The minimum atomic E-state index is -0.00741. The zero-order valence-corrected chi connectivity index (χ0v) is 13.4. The van der Waals surface area contributed by atoms with E-state index in [0.29, 0.717) is 6.42 Å². The molecule has 1 unspecified atom stereocenters. The molecule has 1 amide bonds. The monoisotopic (exact) mass is 281 g/mol. The highest BCUT2D eigenvalue weighted by Crippen LogP contribution is 2.30. The Balaban J connectivity index is 1.68. The fourth-order valence-electron chi connectivity index (χ4n) is 3.06. The first kappa shape index (κ1) is 15.8. The standard InChI is InChI=1S/C16H31N3O/c1-16(2,3)11-14(17)10-15(20)19-8-6-18(7-9-19)12-13-4-5-13/h13-14H,4-12,17H2,1-3H3. The van der Waals surface area contributed by atoms with E-state index >= 15 is 0 Å². The third-order valence-corrected chi connectivity index (χ3v) is 4.25. The van der Waals surface area contributed by atoms with E-state index in [1.807, 2.05) is 4.90 Å². The molecule has 116 valence electrons. The van der Waals surface area contributed by atoms with Gasteiger partial charge in [-0.25, -0.2) is 0 Å². The molecule has 0 bridgehead atoms. The van der Waals surface area contributed by atoms with E-state index in [0.717, 1.165) is 38.5 Å². The van der Waals surface area contributed by atoms with Crippen LogP contribution in [0.4, 0.5) is 0 Å². The van der Waals surface area contributed by atoms with E-state index in [1.165, 1.54) is 19.4 Å². The fraction of sp³-hybridized carbons (Fsp3) is 0.938. The minimum absolute atomic E-state index is 0.00741. The van der Waals surface area contributed by atoms with Crippen LogP contribution in [0.25, 0.3) is 0 Å². The molecule has 20 heavy (non-hydrogen) atoms. The van der Waals surface area contributed by atoms with Gasteiger partial charge < -0.3 is 10.6 Å². The molecule has 0 aromatic rings. The van der Waals surface area contributed by atoms with E-state index in [2.05, 4.69) is 25.7 Å². The Bertz CT molecular complexity index is 325. The third kappa shape index (κ3) is 5.41. The van der Waals surface area contributed by atoms with Gasteiger partial charge in [-0.2, -0.15) is 0 Å². The third-order valence-electron chi connectivity index (χ3n) is 4.25. The van der Waals surface area contributed by atoms with Crippen LogP contribution in [0.2, 0.25) is 0 Å². The number of hydrogen-bond acceptors (Lipinski definition) is 3. The molecule has 2 fully saturated rings. The highest BCUT2D eigenvalue weighted by atomic mass is 16.2. The second-order valence-corrected chi connectivity index (χ2v) is 7.85. The minimum Gasteiger partial charge on any atom is -0.340 e. The van der Waals surface area contributed by atoms with Gasteiger partial charge in [0, 0.05) is 45.2 Å². The molecular formula is C16H31N3O. The average Bonchev–Trinajstić information content (AvgIpc) is 3.11. The second-order valence-electron chi connectivity index (χ2n) is 7.85. The largest absolute Gasteiger partial charge is 0.340 e. The lowest BCUT2D eigenvalue weighted by atomic mass is 9.87. The van der Waals surface area contributed by atoms with Gasteiger partial charge in [-0.3, -0.25) is 9.69 Å². The highest BCUT2D eigenvalue weighted by Gasteiger charge is 2.28. The van der Waals surface area contributed by atoms with Gasteiger partial charge in [0.1, 0.15) is 0 Å². The lowest BCUT2D eigenvalue weighted by Gasteiger charge is -2.35. The SMILES string of the molecule is CC(C)(C)CC(N)CC(=O)N1CCN(CC2CC2)CC1. The summed E-state index contributed by atoms with van der Waals surface area (Å²) in [5.41, 5.74) is 6.31. The maximum Gasteiger partial charge on any atom is 0.224 e. The fourth-order valence-corrected chi connectivity index (χ4v) is 3.06. The lowest BCUT2D eigenvalue weighted by molar-refractivity contribution is -0.133. The summed E-state index contributed by atoms with van der Waals surface area (Å²) in [7, 11) is 0. The molecule has 0 aromatic carbocycles. The number of nitrogens with zero attached hydrogens (tertiary/aromatic N) is 2. The van der Waals surface area contributed by atoms with Gasteiger partial charge >= 0.3 is 0 Å². The predicted molar refractivity (Wildman–Crippen MR) is 82.4 cm³/mol. The summed E-state index contributed by atoms with van der Waals surface area (Å²) in [5.74, 6) is 1.19. The normalized spacial score (nSPS) is 22.9. The van der Waals surface area contributed by atoms with Crippen LogP contribution in [0, 0.1) is 11.3 Å². The van der Waals surface area contributed by atoms with Gasteiger partial charge in [-0.05, 0) is 30.6 Å². The molecule has 2 aliphatic rings. The van der Waals surface area contributed by atoms with Crippen molar-refractivity contribution in [1.29, 1.82) is 0 Å². The van der Waals surface area contributed by atoms with Crippen molar-refractivity contribution < 1.29 is 4.79 Å². The van der Waals surface area contributed by atoms with Crippen molar-refractivity contribution in [2.45, 2.75) is 52.5 Å². The summed E-state index contributed by atoms with van der Waals surface area (Å²) in [4.78, 5) is 16.8. The average molecular weight is 281 g/mol. The highest BCUT2D eigenvalue weighted by molar-refractivity contribution is 5.76. The molecule has 1 saturated heterocycles. The lowest BCUT2D eigenvalue weighted by Crippen LogP contribution is -2.50. The Labute approximate surface area is 123 Å². The van der Waals surface area contributed by atoms with Crippen LogP contribution >= 0.6 is 0 Å². The molecule has 1 heterocycles. The first-order chi connectivity index (χ1) is 9.33. The van der Waals surface area contributed by atoms with E-state index in [9.17, 15) is 4.79 Å². The van der Waals surface area contributed by atoms with E-state index in [1.54, 1.807) is 0 Å². The maximum atomic E-state index is 12.3. The summed E-state index contributed by atoms with van der Waals surface area (Å²) in [5, 5.41) is 0. The van der Waals surface area contributed by atoms with Gasteiger partial charge in [-0.15, -0.1) is 0 Å². The van der Waals surface area contributed by atoms with Crippen LogP contribution in [0.1, 0.15) is 46.5 Å². The van der Waals surface area contributed by atoms with Crippen LogP contribution < -0.4 is 5.73 Å². The van der Waals surface area contributed by atoms with Crippen molar-refractivity contribution in [3.8, 4) is 0 Å². The number of piperazine rings is 1. The second kappa shape index (κ2) is 6.44. The smallest absolute Gasteiger partial charge is 0.224 e. The molecule has 4 heteroatoms. The predicted octanol–water partition coefficient (Wildman–Crippen LogP) is 1.69. The van der Waals surface area contributed by atoms with Gasteiger partial charge in [-0.1, -0.05) is 20.8 Å². The first-order valence-corrected chi connectivity index (χ1v) is 8.09. The summed E-state index contributed by atoms with van der Waals surface area (Å²) < 4.78 is 0. The van der Waals surface area contributed by atoms with Crippen LogP contribution in [-0.2, 0) is 4.79 Å². The van der Waals surface area contributed by atoms with Crippen LogP contribution in [-0.4, -0.2) is 54.5 Å². The summed E-state index contributed by atoms with van der Waals surface area (Å²) in [6, 6.07) is -0.00741. The number of rotatable bonds is 5. The van der Waals surface area contributed by atoms with Crippen molar-refractivity contribution in [1.82, 2.24) is 9.80 Å². The van der Waals surface area contributed by atoms with Gasteiger partial charge in [0.25, 0.3) is 0 Å². The molecule has 0 radical (unpaired) electrons.